The summed E-state index contributed by atoms with van der Waals surface area (Å²) >= 11 is 1.04. The quantitative estimate of drug-likeness (QED) is 0.730. The van der Waals surface area contributed by atoms with E-state index >= 15 is 0 Å². The second kappa shape index (κ2) is 7.71. The normalized spacial score (nSPS) is 10.3. The summed E-state index contributed by atoms with van der Waals surface area (Å²) in [6.07, 6.45) is 0. The van der Waals surface area contributed by atoms with Gasteiger partial charge in [-0.1, -0.05) is 12.1 Å². The van der Waals surface area contributed by atoms with E-state index in [4.69, 9.17) is 9.47 Å². The van der Waals surface area contributed by atoms with Gasteiger partial charge in [-0.05, 0) is 36.4 Å². The van der Waals surface area contributed by atoms with Crippen molar-refractivity contribution in [2.75, 3.05) is 19.0 Å². The molecule has 0 aliphatic rings. The SMILES string of the molecule is COc1ccccc1OCC(=O)Nc1nc(-c2ccc(F)cc2)ns1. The molecule has 0 fully saturated rings. The molecule has 25 heavy (non-hydrogen) atoms. The average molecular weight is 359 g/mol. The van der Waals surface area contributed by atoms with Crippen molar-refractivity contribution >= 4 is 22.6 Å². The molecule has 0 saturated carbocycles. The lowest BCUT2D eigenvalue weighted by Gasteiger charge is -2.09. The fourth-order valence-corrected chi connectivity index (χ4v) is 2.63. The zero-order valence-corrected chi connectivity index (χ0v) is 14.0. The van der Waals surface area contributed by atoms with Gasteiger partial charge in [-0.15, -0.1) is 0 Å². The Hall–Kier alpha value is -3.00. The molecular weight excluding hydrogens is 345 g/mol. The molecule has 0 spiro atoms. The topological polar surface area (TPSA) is 73.3 Å². The second-order valence-corrected chi connectivity index (χ2v) is 5.67. The number of carbonyl (C=O) groups is 1. The summed E-state index contributed by atoms with van der Waals surface area (Å²) < 4.78 is 27.7. The molecule has 1 N–H and O–H groups in total. The second-order valence-electron chi connectivity index (χ2n) is 4.92. The Labute approximate surface area is 147 Å². The van der Waals surface area contributed by atoms with Gasteiger partial charge < -0.3 is 9.47 Å². The first-order valence-corrected chi connectivity index (χ1v) is 8.08. The summed E-state index contributed by atoms with van der Waals surface area (Å²) in [5.74, 6) is 0.744. The predicted molar refractivity (Wildman–Crippen MR) is 92.4 cm³/mol. The van der Waals surface area contributed by atoms with Crippen LogP contribution in [0.4, 0.5) is 9.52 Å². The van der Waals surface area contributed by atoms with Crippen molar-refractivity contribution in [1.29, 1.82) is 0 Å². The highest BCUT2D eigenvalue weighted by atomic mass is 32.1. The molecule has 1 amide bonds. The first-order valence-electron chi connectivity index (χ1n) is 7.31. The Bertz CT molecular complexity index is 868. The Morgan fingerprint density at radius 3 is 2.60 bits per heavy atom. The maximum absolute atomic E-state index is 12.9. The molecule has 1 aromatic heterocycles. The van der Waals surface area contributed by atoms with E-state index < -0.39 is 0 Å². The van der Waals surface area contributed by atoms with Gasteiger partial charge in [0.2, 0.25) is 5.13 Å². The van der Waals surface area contributed by atoms with E-state index in [1.165, 1.54) is 19.2 Å². The van der Waals surface area contributed by atoms with Crippen molar-refractivity contribution in [1.82, 2.24) is 9.36 Å². The highest BCUT2D eigenvalue weighted by Crippen LogP contribution is 2.26. The summed E-state index contributed by atoms with van der Waals surface area (Å²) in [6, 6.07) is 12.9. The van der Waals surface area contributed by atoms with Gasteiger partial charge in [0.15, 0.2) is 23.9 Å². The molecule has 3 rings (SSSR count). The molecule has 0 bridgehead atoms. The van der Waals surface area contributed by atoms with Crippen LogP contribution in [-0.4, -0.2) is 29.0 Å². The van der Waals surface area contributed by atoms with E-state index in [0.717, 1.165) is 11.5 Å². The highest BCUT2D eigenvalue weighted by molar-refractivity contribution is 7.10. The fraction of sp³-hybridized carbons (Fsp3) is 0.118. The number of rotatable bonds is 6. The van der Waals surface area contributed by atoms with E-state index in [9.17, 15) is 9.18 Å². The number of nitrogens with zero attached hydrogens (tertiary/aromatic N) is 2. The number of anilines is 1. The Kier molecular flexibility index (Phi) is 5.20. The maximum atomic E-state index is 12.9. The molecule has 0 saturated heterocycles. The van der Waals surface area contributed by atoms with Crippen LogP contribution in [0.1, 0.15) is 0 Å². The van der Waals surface area contributed by atoms with Crippen LogP contribution >= 0.6 is 11.5 Å². The number of halogens is 1. The fourth-order valence-electron chi connectivity index (χ4n) is 2.03. The number of hydrogen-bond acceptors (Lipinski definition) is 6. The van der Waals surface area contributed by atoms with Crippen LogP contribution in [0, 0.1) is 5.82 Å². The molecule has 3 aromatic rings. The van der Waals surface area contributed by atoms with Gasteiger partial charge >= 0.3 is 0 Å². The average Bonchev–Trinajstić information content (AvgIpc) is 3.09. The summed E-state index contributed by atoms with van der Waals surface area (Å²) in [5.41, 5.74) is 0.670. The predicted octanol–water partition coefficient (Wildman–Crippen LogP) is 3.37. The first kappa shape index (κ1) is 16.8. The number of hydrogen-bond donors (Lipinski definition) is 1. The first-order chi connectivity index (χ1) is 12.2. The van der Waals surface area contributed by atoms with Gasteiger partial charge in [-0.3, -0.25) is 10.1 Å². The van der Waals surface area contributed by atoms with Crippen molar-refractivity contribution in [3.05, 3.63) is 54.3 Å². The van der Waals surface area contributed by atoms with Crippen molar-refractivity contribution in [2.24, 2.45) is 0 Å². The maximum Gasteiger partial charge on any atom is 0.264 e. The molecule has 1 heterocycles. The molecule has 2 aromatic carbocycles. The lowest BCUT2D eigenvalue weighted by atomic mass is 10.2. The molecule has 6 nitrogen and oxygen atoms in total. The van der Waals surface area contributed by atoms with E-state index in [1.807, 2.05) is 6.07 Å². The number of amides is 1. The molecule has 128 valence electrons. The van der Waals surface area contributed by atoms with E-state index in [1.54, 1.807) is 30.3 Å². The number of benzene rings is 2. The largest absolute Gasteiger partial charge is 0.493 e. The number of methoxy groups -OCH3 is 1. The van der Waals surface area contributed by atoms with E-state index in [0.29, 0.717) is 28.0 Å². The van der Waals surface area contributed by atoms with Crippen LogP contribution < -0.4 is 14.8 Å². The molecule has 0 aliphatic carbocycles. The molecule has 8 heteroatoms. The molecule has 0 atom stereocenters. The summed E-state index contributed by atoms with van der Waals surface area (Å²) in [5, 5.41) is 2.96. The van der Waals surface area contributed by atoms with Gasteiger partial charge in [0.05, 0.1) is 7.11 Å². The zero-order chi connectivity index (χ0) is 17.6. The van der Waals surface area contributed by atoms with Crippen LogP contribution in [0.3, 0.4) is 0 Å². The number of aromatic nitrogens is 2. The van der Waals surface area contributed by atoms with Gasteiger partial charge in [-0.25, -0.2) is 4.39 Å². The third-order valence-electron chi connectivity index (χ3n) is 3.20. The third-order valence-corrected chi connectivity index (χ3v) is 3.83. The Balaban J connectivity index is 1.59. The summed E-state index contributed by atoms with van der Waals surface area (Å²) in [4.78, 5) is 16.2. The van der Waals surface area contributed by atoms with Crippen LogP contribution in [0.2, 0.25) is 0 Å². The number of ether oxygens (including phenoxy) is 2. The molecule has 0 unspecified atom stereocenters. The molecule has 0 radical (unpaired) electrons. The number of carbonyl (C=O) groups excluding carboxylic acids is 1. The Morgan fingerprint density at radius 1 is 1.16 bits per heavy atom. The summed E-state index contributed by atoms with van der Waals surface area (Å²) in [7, 11) is 1.53. The van der Waals surface area contributed by atoms with Gasteiger partial charge in [0.25, 0.3) is 5.91 Å². The lowest BCUT2D eigenvalue weighted by Crippen LogP contribution is -2.20. The monoisotopic (exact) mass is 359 g/mol. The van der Waals surface area contributed by atoms with Crippen molar-refractivity contribution < 1.29 is 18.7 Å². The smallest absolute Gasteiger partial charge is 0.264 e. The minimum absolute atomic E-state index is 0.189. The number of nitrogens with one attached hydrogen (secondary N) is 1. The Morgan fingerprint density at radius 2 is 1.88 bits per heavy atom. The summed E-state index contributed by atoms with van der Waals surface area (Å²) in [6.45, 7) is -0.189. The van der Waals surface area contributed by atoms with E-state index in [-0.39, 0.29) is 18.3 Å². The standard InChI is InChI=1S/C17H14FN3O3S/c1-23-13-4-2-3-5-14(13)24-10-15(22)19-17-20-16(21-25-17)11-6-8-12(18)9-7-11/h2-9H,10H2,1H3,(H,19,20,21,22). The van der Waals surface area contributed by atoms with Gasteiger partial charge in [0, 0.05) is 17.1 Å². The third kappa shape index (κ3) is 4.30. The van der Waals surface area contributed by atoms with Gasteiger partial charge in [0.1, 0.15) is 5.82 Å². The minimum Gasteiger partial charge on any atom is -0.493 e. The lowest BCUT2D eigenvalue weighted by molar-refractivity contribution is -0.118. The molecular formula is C17H14FN3O3S. The van der Waals surface area contributed by atoms with Crippen LogP contribution in [0.25, 0.3) is 11.4 Å². The molecule has 0 aliphatic heterocycles. The highest BCUT2D eigenvalue weighted by Gasteiger charge is 2.11. The van der Waals surface area contributed by atoms with Crippen LogP contribution in [0.15, 0.2) is 48.5 Å². The van der Waals surface area contributed by atoms with Crippen molar-refractivity contribution in [2.45, 2.75) is 0 Å². The van der Waals surface area contributed by atoms with Crippen LogP contribution in [0.5, 0.6) is 11.5 Å². The minimum atomic E-state index is -0.368. The van der Waals surface area contributed by atoms with Crippen LogP contribution in [-0.2, 0) is 4.79 Å². The number of para-hydroxylation sites is 2. The van der Waals surface area contributed by atoms with E-state index in [2.05, 4.69) is 14.7 Å². The van der Waals surface area contributed by atoms with Crippen molar-refractivity contribution in [3.8, 4) is 22.9 Å². The zero-order valence-electron chi connectivity index (χ0n) is 13.2. The van der Waals surface area contributed by atoms with Gasteiger partial charge in [-0.2, -0.15) is 9.36 Å². The van der Waals surface area contributed by atoms with Crippen molar-refractivity contribution in [3.63, 3.8) is 0 Å².